The Morgan fingerprint density at radius 2 is 2.17 bits per heavy atom. The molecular weight excluding hydrogens is 324 g/mol. The van der Waals surface area contributed by atoms with Gasteiger partial charge in [-0.2, -0.15) is 0 Å². The zero-order valence-corrected chi connectivity index (χ0v) is 15.2. The molecule has 1 aromatic carbocycles. The third-order valence-corrected chi connectivity index (χ3v) is 3.92. The Kier molecular flexibility index (Phi) is 7.92. The van der Waals surface area contributed by atoms with Gasteiger partial charge in [-0.1, -0.05) is 11.6 Å². The smallest absolute Gasteiger partial charge is 0.191 e. The number of hydrogen-bond donors (Lipinski definition) is 3. The summed E-state index contributed by atoms with van der Waals surface area (Å²) < 4.78 is 5.33. The Morgan fingerprint density at radius 1 is 1.29 bits per heavy atom. The van der Waals surface area contributed by atoms with Gasteiger partial charge in [0.25, 0.3) is 0 Å². The van der Waals surface area contributed by atoms with Crippen LogP contribution in [0.1, 0.15) is 25.8 Å². The molecule has 24 heavy (non-hydrogen) atoms. The SMILES string of the molecule is CCNC(=NCCCOCC)NCCc1c[nH]c2ccc(Cl)cc12. The number of aromatic nitrogens is 1. The van der Waals surface area contributed by atoms with E-state index in [9.17, 15) is 0 Å². The van der Waals surface area contributed by atoms with E-state index in [2.05, 4.69) is 33.7 Å². The Labute approximate surface area is 148 Å². The standard InChI is InChI=1S/C18H27ClN4O/c1-3-20-18(21-9-5-11-24-4-2)22-10-8-14-13-23-17-7-6-15(19)12-16(14)17/h6-7,12-13,23H,3-5,8-11H2,1-2H3,(H2,20,21,22). The lowest BCUT2D eigenvalue weighted by atomic mass is 10.1. The van der Waals surface area contributed by atoms with E-state index in [-0.39, 0.29) is 0 Å². The van der Waals surface area contributed by atoms with Crippen molar-refractivity contribution in [1.82, 2.24) is 15.6 Å². The molecule has 0 aliphatic rings. The summed E-state index contributed by atoms with van der Waals surface area (Å²) in [5.74, 6) is 0.854. The number of aliphatic imine (C=N–C) groups is 1. The predicted octanol–water partition coefficient (Wildman–Crippen LogP) is 3.35. The summed E-state index contributed by atoms with van der Waals surface area (Å²) in [5, 5.41) is 8.60. The van der Waals surface area contributed by atoms with Crippen LogP contribution in [0.3, 0.4) is 0 Å². The number of nitrogens with zero attached hydrogens (tertiary/aromatic N) is 1. The van der Waals surface area contributed by atoms with Crippen LogP contribution in [-0.2, 0) is 11.2 Å². The van der Waals surface area contributed by atoms with Gasteiger partial charge in [0.2, 0.25) is 0 Å². The van der Waals surface area contributed by atoms with Crippen LogP contribution in [0.25, 0.3) is 10.9 Å². The van der Waals surface area contributed by atoms with Crippen LogP contribution in [0.5, 0.6) is 0 Å². The molecule has 0 amide bonds. The molecule has 6 heteroatoms. The highest BCUT2D eigenvalue weighted by Gasteiger charge is 2.05. The number of halogens is 1. The number of nitrogens with one attached hydrogen (secondary N) is 3. The number of aromatic amines is 1. The zero-order chi connectivity index (χ0) is 17.2. The molecule has 0 bridgehead atoms. The number of hydrogen-bond acceptors (Lipinski definition) is 2. The molecule has 0 fully saturated rings. The van der Waals surface area contributed by atoms with Gasteiger partial charge in [0.05, 0.1) is 0 Å². The molecule has 0 unspecified atom stereocenters. The summed E-state index contributed by atoms with van der Waals surface area (Å²) in [6.07, 6.45) is 3.89. The largest absolute Gasteiger partial charge is 0.382 e. The molecule has 1 heterocycles. The number of rotatable bonds is 9. The number of guanidine groups is 1. The summed E-state index contributed by atoms with van der Waals surface area (Å²) in [7, 11) is 0. The van der Waals surface area contributed by atoms with Crippen molar-refractivity contribution < 1.29 is 4.74 Å². The predicted molar refractivity (Wildman–Crippen MR) is 102 cm³/mol. The lowest BCUT2D eigenvalue weighted by Gasteiger charge is -2.11. The molecule has 0 atom stereocenters. The van der Waals surface area contributed by atoms with Crippen LogP contribution in [0.2, 0.25) is 5.02 Å². The summed E-state index contributed by atoms with van der Waals surface area (Å²) in [6, 6.07) is 5.93. The van der Waals surface area contributed by atoms with Gasteiger partial charge >= 0.3 is 0 Å². The second-order valence-corrected chi connectivity index (χ2v) is 5.93. The van der Waals surface area contributed by atoms with Crippen molar-refractivity contribution >= 4 is 28.5 Å². The highest BCUT2D eigenvalue weighted by atomic mass is 35.5. The molecule has 2 rings (SSSR count). The van der Waals surface area contributed by atoms with Crippen molar-refractivity contribution in [2.24, 2.45) is 4.99 Å². The highest BCUT2D eigenvalue weighted by Crippen LogP contribution is 2.22. The molecule has 2 aromatic rings. The highest BCUT2D eigenvalue weighted by molar-refractivity contribution is 6.31. The first-order chi connectivity index (χ1) is 11.7. The molecule has 5 nitrogen and oxygen atoms in total. The molecule has 0 saturated heterocycles. The lowest BCUT2D eigenvalue weighted by Crippen LogP contribution is -2.38. The maximum Gasteiger partial charge on any atom is 0.191 e. The van der Waals surface area contributed by atoms with Crippen LogP contribution in [0, 0.1) is 0 Å². The number of ether oxygens (including phenoxy) is 1. The van der Waals surface area contributed by atoms with E-state index in [1.807, 2.05) is 25.1 Å². The van der Waals surface area contributed by atoms with Gasteiger partial charge in [0.15, 0.2) is 5.96 Å². The molecule has 0 aliphatic carbocycles. The Balaban J connectivity index is 1.84. The Morgan fingerprint density at radius 3 is 2.96 bits per heavy atom. The molecule has 132 valence electrons. The van der Waals surface area contributed by atoms with Gasteiger partial charge in [-0.15, -0.1) is 0 Å². The third kappa shape index (κ3) is 5.73. The second-order valence-electron chi connectivity index (χ2n) is 5.49. The van der Waals surface area contributed by atoms with E-state index >= 15 is 0 Å². The average molecular weight is 351 g/mol. The van der Waals surface area contributed by atoms with Crippen LogP contribution in [0.15, 0.2) is 29.4 Å². The molecule has 3 N–H and O–H groups in total. The fourth-order valence-corrected chi connectivity index (χ4v) is 2.69. The maximum absolute atomic E-state index is 6.10. The monoisotopic (exact) mass is 350 g/mol. The average Bonchev–Trinajstić information content (AvgIpc) is 2.97. The number of H-pyrrole nitrogens is 1. The van der Waals surface area contributed by atoms with Crippen LogP contribution < -0.4 is 10.6 Å². The first kappa shape index (κ1) is 18.6. The van der Waals surface area contributed by atoms with E-state index < -0.39 is 0 Å². The van der Waals surface area contributed by atoms with E-state index in [1.54, 1.807) is 0 Å². The first-order valence-corrected chi connectivity index (χ1v) is 8.97. The summed E-state index contributed by atoms with van der Waals surface area (Å²) in [6.45, 7) is 8.02. The van der Waals surface area contributed by atoms with Gasteiger partial charge in [0, 0.05) is 55.0 Å². The Bertz CT molecular complexity index is 654. The quantitative estimate of drug-likeness (QED) is 0.369. The Hall–Kier alpha value is -1.72. The van der Waals surface area contributed by atoms with Crippen LogP contribution in [-0.4, -0.2) is 43.8 Å². The van der Waals surface area contributed by atoms with Gasteiger partial charge in [-0.05, 0) is 50.5 Å². The van der Waals surface area contributed by atoms with Crippen molar-refractivity contribution in [2.75, 3.05) is 32.8 Å². The fourth-order valence-electron chi connectivity index (χ4n) is 2.52. The van der Waals surface area contributed by atoms with Gasteiger partial charge in [-0.25, -0.2) is 0 Å². The van der Waals surface area contributed by atoms with Crippen molar-refractivity contribution in [3.63, 3.8) is 0 Å². The summed E-state index contributed by atoms with van der Waals surface area (Å²) in [4.78, 5) is 7.85. The molecular formula is C18H27ClN4O. The minimum absolute atomic E-state index is 0.759. The van der Waals surface area contributed by atoms with E-state index in [0.717, 1.165) is 62.2 Å². The van der Waals surface area contributed by atoms with Gasteiger partial charge in [0.1, 0.15) is 0 Å². The molecule has 1 aromatic heterocycles. The topological polar surface area (TPSA) is 61.4 Å². The van der Waals surface area contributed by atoms with Gasteiger partial charge < -0.3 is 20.4 Å². The van der Waals surface area contributed by atoms with Crippen molar-refractivity contribution in [3.05, 3.63) is 35.0 Å². The molecule has 0 saturated carbocycles. The second kappa shape index (κ2) is 10.2. The van der Waals surface area contributed by atoms with E-state index in [4.69, 9.17) is 16.3 Å². The van der Waals surface area contributed by atoms with Crippen molar-refractivity contribution in [3.8, 4) is 0 Å². The minimum atomic E-state index is 0.759. The third-order valence-electron chi connectivity index (χ3n) is 3.68. The molecule has 0 aliphatic heterocycles. The van der Waals surface area contributed by atoms with Crippen LogP contribution >= 0.6 is 11.6 Å². The van der Waals surface area contributed by atoms with Crippen molar-refractivity contribution in [2.45, 2.75) is 26.7 Å². The normalized spacial score (nSPS) is 11.9. The van der Waals surface area contributed by atoms with E-state index in [1.165, 1.54) is 10.9 Å². The zero-order valence-electron chi connectivity index (χ0n) is 14.5. The number of benzene rings is 1. The van der Waals surface area contributed by atoms with Crippen molar-refractivity contribution in [1.29, 1.82) is 0 Å². The maximum atomic E-state index is 6.10. The number of fused-ring (bicyclic) bond motifs is 1. The minimum Gasteiger partial charge on any atom is -0.382 e. The molecule has 0 radical (unpaired) electrons. The van der Waals surface area contributed by atoms with Gasteiger partial charge in [-0.3, -0.25) is 4.99 Å². The fraction of sp³-hybridized carbons (Fsp3) is 0.500. The first-order valence-electron chi connectivity index (χ1n) is 8.60. The van der Waals surface area contributed by atoms with Crippen LogP contribution in [0.4, 0.5) is 0 Å². The summed E-state index contributed by atoms with van der Waals surface area (Å²) >= 11 is 6.10. The molecule has 0 spiro atoms. The van der Waals surface area contributed by atoms with E-state index in [0.29, 0.717) is 0 Å². The summed E-state index contributed by atoms with van der Waals surface area (Å²) in [5.41, 5.74) is 2.37. The lowest BCUT2D eigenvalue weighted by molar-refractivity contribution is 0.146.